The number of aromatic nitrogens is 2. The number of amides is 1. The molecule has 5 aliphatic carbocycles. The number of hydrogen-bond donors (Lipinski definition) is 1. The summed E-state index contributed by atoms with van der Waals surface area (Å²) in [5.41, 5.74) is 0.303. The minimum Gasteiger partial charge on any atom is -0.368 e. The van der Waals surface area contributed by atoms with Crippen molar-refractivity contribution >= 4 is 5.91 Å². The molecular weight excluding hydrogens is 460 g/mol. The molecule has 1 amide bonds. The fourth-order valence-electron chi connectivity index (χ4n) is 5.51. The van der Waals surface area contributed by atoms with Crippen molar-refractivity contribution in [3.8, 4) is 0 Å². The van der Waals surface area contributed by atoms with Crippen molar-refractivity contribution < 1.29 is 45.3 Å². The van der Waals surface area contributed by atoms with E-state index in [0.717, 1.165) is 25.0 Å². The Hall–Kier alpha value is -1.86. The maximum Gasteiger partial charge on any atom is 0.522 e. The number of imidazole rings is 1. The van der Waals surface area contributed by atoms with E-state index in [0.29, 0.717) is 0 Å². The topological polar surface area (TPSA) is 74.6 Å². The van der Waals surface area contributed by atoms with E-state index in [1.165, 1.54) is 0 Å². The van der Waals surface area contributed by atoms with Crippen molar-refractivity contribution in [3.63, 3.8) is 0 Å². The molecule has 13 heteroatoms. The van der Waals surface area contributed by atoms with Crippen LogP contribution in [-0.2, 0) is 24.5 Å². The molecule has 2 bridgehead atoms. The number of ether oxygens (including phenoxy) is 3. The average Bonchev–Trinajstić information content (AvgIpc) is 3.01. The minimum atomic E-state index is -4.66. The molecule has 0 aliphatic heterocycles. The van der Waals surface area contributed by atoms with Crippen LogP contribution in [0.25, 0.3) is 0 Å². The van der Waals surface area contributed by atoms with Crippen molar-refractivity contribution in [2.75, 3.05) is 6.61 Å². The number of nitrogens with zero attached hydrogens (tertiary/aromatic N) is 2. The Morgan fingerprint density at radius 2 is 1.58 bits per heavy atom. The predicted molar refractivity (Wildman–Crippen MR) is 97.7 cm³/mol. The van der Waals surface area contributed by atoms with E-state index in [1.807, 2.05) is 10.8 Å². The monoisotopic (exact) mass is 483 g/mol. The number of rotatable bonds is 8. The first-order chi connectivity index (χ1) is 15.3. The molecule has 0 spiro atoms. The van der Waals surface area contributed by atoms with Gasteiger partial charge in [-0.3, -0.25) is 14.3 Å². The summed E-state index contributed by atoms with van der Waals surface area (Å²) in [4.78, 5) is 16.5. The summed E-state index contributed by atoms with van der Waals surface area (Å²) in [5, 5.41) is 2.95. The Kier molecular flexibility index (Phi) is 5.26. The first kappa shape index (κ1) is 22.9. The summed E-state index contributed by atoms with van der Waals surface area (Å²) in [7, 11) is 0. The lowest BCUT2D eigenvalue weighted by Gasteiger charge is -2.70. The lowest BCUT2D eigenvalue weighted by molar-refractivity contribution is -0.357. The summed E-state index contributed by atoms with van der Waals surface area (Å²) < 4.78 is 88.4. The third-order valence-electron chi connectivity index (χ3n) is 7.17. The molecule has 33 heavy (non-hydrogen) atoms. The molecule has 5 fully saturated rings. The molecule has 1 aromatic rings. The van der Waals surface area contributed by atoms with E-state index < -0.39 is 31.0 Å². The largest absolute Gasteiger partial charge is 0.522 e. The normalized spacial score (nSPS) is 37.4. The number of halogens is 6. The Bertz CT molecular complexity index is 885. The van der Waals surface area contributed by atoms with E-state index in [9.17, 15) is 31.1 Å². The lowest BCUT2D eigenvalue weighted by Crippen LogP contribution is -2.78. The molecule has 184 valence electrons. The van der Waals surface area contributed by atoms with Gasteiger partial charge in [-0.15, -0.1) is 26.3 Å². The smallest absolute Gasteiger partial charge is 0.368 e. The summed E-state index contributed by atoms with van der Waals surface area (Å²) in [6, 6.07) is 0. The van der Waals surface area contributed by atoms with Crippen LogP contribution in [0.3, 0.4) is 0 Å². The van der Waals surface area contributed by atoms with E-state index in [1.54, 1.807) is 6.33 Å². The number of carbonyl (C=O) groups is 1. The summed E-state index contributed by atoms with van der Waals surface area (Å²) >= 11 is 0. The quantitative estimate of drug-likeness (QED) is 0.573. The van der Waals surface area contributed by atoms with Gasteiger partial charge in [-0.2, -0.15) is 0 Å². The van der Waals surface area contributed by atoms with Gasteiger partial charge in [0.25, 0.3) is 0 Å². The van der Waals surface area contributed by atoms with Crippen molar-refractivity contribution in [2.24, 2.45) is 0 Å². The molecule has 0 radical (unpaired) electrons. The molecule has 0 saturated heterocycles. The number of hydrogen-bond acceptors (Lipinski definition) is 5. The summed E-state index contributed by atoms with van der Waals surface area (Å²) in [6.45, 7) is -0.212. The van der Waals surface area contributed by atoms with Crippen molar-refractivity contribution in [3.05, 3.63) is 18.2 Å². The fraction of sp³-hybridized carbons (Fsp3) is 0.800. The SMILES string of the molecule is O=C(COC1CC(OC(F)(F)F)C1)NC12CC(n3cnc(C4CC(OC(F)(F)F)C4)c3)(C1)C2. The Morgan fingerprint density at radius 3 is 2.15 bits per heavy atom. The van der Waals surface area contributed by atoms with Crippen LogP contribution in [0.5, 0.6) is 0 Å². The van der Waals surface area contributed by atoms with Crippen LogP contribution < -0.4 is 5.32 Å². The highest BCUT2D eigenvalue weighted by Gasteiger charge is 2.69. The van der Waals surface area contributed by atoms with Crippen LogP contribution in [0.1, 0.15) is 56.6 Å². The second-order valence-electron chi connectivity index (χ2n) is 9.73. The van der Waals surface area contributed by atoms with Crippen LogP contribution >= 0.6 is 0 Å². The molecule has 1 heterocycles. The average molecular weight is 483 g/mol. The minimum absolute atomic E-state index is 0.0515. The van der Waals surface area contributed by atoms with Crippen molar-refractivity contribution in [2.45, 2.75) is 93.0 Å². The third kappa shape index (κ3) is 4.72. The standard InChI is InChI=1S/C20H23F6N3O4/c21-19(22,23)32-13-1-11(2-13)15-5-29(10-27-15)18-7-17(8-18,9-18)28-16(30)6-31-12-3-14(4-12)33-20(24,25)26/h5,10-14H,1-4,6-9H2,(H,28,30). The number of nitrogens with one attached hydrogen (secondary N) is 1. The molecule has 5 saturated carbocycles. The van der Waals surface area contributed by atoms with Gasteiger partial charge >= 0.3 is 12.7 Å². The van der Waals surface area contributed by atoms with E-state index in [4.69, 9.17) is 4.74 Å². The molecule has 7 nitrogen and oxygen atoms in total. The van der Waals surface area contributed by atoms with Gasteiger partial charge in [0, 0.05) is 30.5 Å². The fourth-order valence-corrected chi connectivity index (χ4v) is 5.51. The van der Waals surface area contributed by atoms with Gasteiger partial charge < -0.3 is 14.6 Å². The maximum atomic E-state index is 12.3. The zero-order chi connectivity index (χ0) is 23.6. The van der Waals surface area contributed by atoms with Gasteiger partial charge in [0.1, 0.15) is 6.61 Å². The van der Waals surface area contributed by atoms with Crippen molar-refractivity contribution in [1.82, 2.24) is 14.9 Å². The van der Waals surface area contributed by atoms with Crippen LogP contribution in [0.15, 0.2) is 12.5 Å². The summed E-state index contributed by atoms with van der Waals surface area (Å²) in [5.74, 6) is -0.357. The van der Waals surface area contributed by atoms with Gasteiger partial charge in [-0.05, 0) is 32.1 Å². The van der Waals surface area contributed by atoms with E-state index >= 15 is 0 Å². The van der Waals surface area contributed by atoms with E-state index in [-0.39, 0.29) is 55.2 Å². The van der Waals surface area contributed by atoms with Gasteiger partial charge in [0.05, 0.1) is 35.9 Å². The first-order valence-corrected chi connectivity index (χ1v) is 10.8. The Labute approximate surface area is 184 Å². The molecular formula is C20H23F6N3O4. The molecule has 5 aliphatic rings. The molecule has 0 atom stereocenters. The van der Waals surface area contributed by atoms with Crippen LogP contribution in [0.2, 0.25) is 0 Å². The molecule has 1 N–H and O–H groups in total. The van der Waals surface area contributed by atoms with Gasteiger partial charge in [0.15, 0.2) is 0 Å². The summed E-state index contributed by atoms with van der Waals surface area (Å²) in [6.07, 6.45) is -4.93. The van der Waals surface area contributed by atoms with Gasteiger partial charge in [-0.1, -0.05) is 0 Å². The number of carbonyl (C=O) groups excluding carboxylic acids is 1. The highest BCUT2D eigenvalue weighted by molar-refractivity contribution is 5.78. The number of alkyl halides is 6. The van der Waals surface area contributed by atoms with Crippen LogP contribution in [0.4, 0.5) is 26.3 Å². The first-order valence-electron chi connectivity index (χ1n) is 10.8. The predicted octanol–water partition coefficient (Wildman–Crippen LogP) is 3.50. The third-order valence-corrected chi connectivity index (χ3v) is 7.17. The molecule has 6 rings (SSSR count). The Morgan fingerprint density at radius 1 is 1.00 bits per heavy atom. The zero-order valence-electron chi connectivity index (χ0n) is 17.4. The molecule has 0 unspecified atom stereocenters. The van der Waals surface area contributed by atoms with Crippen LogP contribution in [-0.4, -0.2) is 58.6 Å². The maximum absolute atomic E-state index is 12.3. The van der Waals surface area contributed by atoms with E-state index in [2.05, 4.69) is 19.8 Å². The van der Waals surface area contributed by atoms with Crippen LogP contribution in [0, 0.1) is 0 Å². The molecule has 1 aromatic heterocycles. The Balaban J connectivity index is 1.01. The molecule has 0 aromatic carbocycles. The van der Waals surface area contributed by atoms with Crippen molar-refractivity contribution in [1.29, 1.82) is 0 Å². The van der Waals surface area contributed by atoms with Gasteiger partial charge in [0.2, 0.25) is 5.91 Å². The van der Waals surface area contributed by atoms with Gasteiger partial charge in [-0.25, -0.2) is 4.98 Å². The second-order valence-corrected chi connectivity index (χ2v) is 9.73. The second kappa shape index (κ2) is 7.57. The highest BCUT2D eigenvalue weighted by atomic mass is 19.4. The highest BCUT2D eigenvalue weighted by Crippen LogP contribution is 2.65. The lowest BCUT2D eigenvalue weighted by atomic mass is 9.44. The zero-order valence-corrected chi connectivity index (χ0v) is 17.4.